The lowest BCUT2D eigenvalue weighted by Crippen LogP contribution is -2.64. The maximum atomic E-state index is 12.2. The minimum atomic E-state index is -0.865. The van der Waals surface area contributed by atoms with Crippen LogP contribution in [0.15, 0.2) is 12.1 Å². The number of phenolic OH excluding ortho intramolecular Hbond substituents is 1. The zero-order valence-corrected chi connectivity index (χ0v) is 20.9. The van der Waals surface area contributed by atoms with E-state index >= 15 is 0 Å². The van der Waals surface area contributed by atoms with E-state index in [1.54, 1.807) is 6.07 Å². The average molecular weight is 423 g/mol. The molecule has 1 aromatic rings. The Labute approximate surface area is 185 Å². The molecule has 2 saturated carbocycles. The van der Waals surface area contributed by atoms with Gasteiger partial charge >= 0.3 is 0 Å². The Hall–Kier alpha value is -1.55. The second-order valence-corrected chi connectivity index (χ2v) is 7.17. The molecule has 2 N–H and O–H groups in total. The average Bonchev–Trinajstić information content (AvgIpc) is 2.79. The number of aromatic hydroxyl groups is 1. The quantitative estimate of drug-likeness (QED) is 0.536. The number of ether oxygens (including phenoxy) is 1. The van der Waals surface area contributed by atoms with Gasteiger partial charge in [-0.3, -0.25) is 4.79 Å². The van der Waals surface area contributed by atoms with Gasteiger partial charge in [-0.2, -0.15) is 0 Å². The van der Waals surface area contributed by atoms with Gasteiger partial charge in [-0.15, -0.1) is 0 Å². The molecule has 0 heterocycles. The molecule has 3 unspecified atom stereocenters. The van der Waals surface area contributed by atoms with Gasteiger partial charge in [-0.25, -0.2) is 0 Å². The predicted octanol–water partition coefficient (Wildman–Crippen LogP) is 6.58. The Morgan fingerprint density at radius 3 is 2.17 bits per heavy atom. The summed E-state index contributed by atoms with van der Waals surface area (Å²) in [5.41, 5.74) is 0.355. The fraction of sp³-hybridized carbons (Fsp3) is 0.731. The first kappa shape index (κ1) is 28.5. The summed E-state index contributed by atoms with van der Waals surface area (Å²) < 4.78 is 5.27. The van der Waals surface area contributed by atoms with Crippen molar-refractivity contribution in [3.05, 3.63) is 23.3 Å². The smallest absolute Gasteiger partial charge is 0.161 e. The molecular formula is C26H46O4. The van der Waals surface area contributed by atoms with E-state index in [1.165, 1.54) is 7.11 Å². The molecule has 174 valence electrons. The van der Waals surface area contributed by atoms with Gasteiger partial charge < -0.3 is 14.9 Å². The molecule has 30 heavy (non-hydrogen) atoms. The molecule has 1 aromatic carbocycles. The van der Waals surface area contributed by atoms with E-state index in [-0.39, 0.29) is 17.5 Å². The molecule has 4 heteroatoms. The zero-order chi connectivity index (χ0) is 23.5. The lowest BCUT2D eigenvalue weighted by atomic mass is 9.46. The maximum Gasteiger partial charge on any atom is 0.161 e. The topological polar surface area (TPSA) is 66.8 Å². The van der Waals surface area contributed by atoms with Crippen molar-refractivity contribution in [3.8, 4) is 11.5 Å². The monoisotopic (exact) mass is 422 g/mol. The van der Waals surface area contributed by atoms with Crippen LogP contribution >= 0.6 is 0 Å². The minimum absolute atomic E-state index is 0.119. The van der Waals surface area contributed by atoms with Gasteiger partial charge in [0.25, 0.3) is 0 Å². The number of benzene rings is 1. The maximum absolute atomic E-state index is 12.2. The van der Waals surface area contributed by atoms with Crippen LogP contribution in [-0.2, 0) is 16.6 Å². The first-order valence-electron chi connectivity index (χ1n) is 12.2. The third-order valence-electron chi connectivity index (χ3n) is 6.34. The second-order valence-electron chi connectivity index (χ2n) is 7.17. The Kier molecular flexibility index (Phi) is 12.3. The van der Waals surface area contributed by atoms with Crippen LogP contribution in [0.4, 0.5) is 0 Å². The van der Waals surface area contributed by atoms with Crippen LogP contribution in [0.2, 0.25) is 0 Å². The Morgan fingerprint density at radius 2 is 1.60 bits per heavy atom. The van der Waals surface area contributed by atoms with E-state index < -0.39 is 11.0 Å². The Morgan fingerprint density at radius 1 is 1.00 bits per heavy atom. The summed E-state index contributed by atoms with van der Waals surface area (Å²) in [5, 5.41) is 22.2. The zero-order valence-electron chi connectivity index (χ0n) is 20.9. The standard InChI is InChI=1S/C18H22O4.4C2H6/c1-22-14-5-4-11-9-12-3-2-7-17(15(11)16(14)20)10-13(19)6-8-18(12,17)21;4*1-2/h4-5,12,20-21H,2-3,6-10H2,1H3;4*1-2H3. The van der Waals surface area contributed by atoms with E-state index in [1.807, 2.05) is 61.5 Å². The van der Waals surface area contributed by atoms with Gasteiger partial charge in [0.15, 0.2) is 11.5 Å². The number of hydrogen-bond donors (Lipinski definition) is 2. The van der Waals surface area contributed by atoms with Crippen molar-refractivity contribution in [3.63, 3.8) is 0 Å². The van der Waals surface area contributed by atoms with Crippen molar-refractivity contribution >= 4 is 5.78 Å². The summed E-state index contributed by atoms with van der Waals surface area (Å²) >= 11 is 0. The van der Waals surface area contributed by atoms with E-state index in [2.05, 4.69) is 0 Å². The predicted molar refractivity (Wildman–Crippen MR) is 127 cm³/mol. The van der Waals surface area contributed by atoms with Gasteiger partial charge in [0, 0.05) is 23.8 Å². The van der Waals surface area contributed by atoms with Crippen molar-refractivity contribution in [2.75, 3.05) is 7.11 Å². The van der Waals surface area contributed by atoms with Crippen molar-refractivity contribution in [1.82, 2.24) is 0 Å². The molecule has 0 saturated heterocycles. The van der Waals surface area contributed by atoms with Crippen molar-refractivity contribution in [2.24, 2.45) is 5.92 Å². The number of carbonyl (C=O) groups excluding carboxylic acids is 1. The molecule has 0 aliphatic heterocycles. The number of rotatable bonds is 1. The number of Topliss-reactive ketones (excluding diaryl/α,β-unsaturated/α-hetero) is 1. The van der Waals surface area contributed by atoms with Crippen LogP contribution in [0.25, 0.3) is 0 Å². The Bertz CT molecular complexity index is 655. The molecule has 3 aliphatic carbocycles. The van der Waals surface area contributed by atoms with Crippen molar-refractivity contribution in [2.45, 2.75) is 111 Å². The van der Waals surface area contributed by atoms with Crippen LogP contribution in [0.1, 0.15) is 105 Å². The SMILES string of the molecule is CC.CC.CC.CC.COc1ccc2c(c1O)C13CCCC(C2)C1(O)CCC(=O)C3. The number of ketones is 1. The minimum Gasteiger partial charge on any atom is -0.504 e. The van der Waals surface area contributed by atoms with Crippen LogP contribution in [0.5, 0.6) is 11.5 Å². The second kappa shape index (κ2) is 13.0. The number of phenols is 1. The molecule has 4 rings (SSSR count). The normalized spacial score (nSPS) is 27.5. The van der Waals surface area contributed by atoms with Crippen LogP contribution in [0.3, 0.4) is 0 Å². The van der Waals surface area contributed by atoms with Gasteiger partial charge in [0.05, 0.1) is 12.7 Å². The van der Waals surface area contributed by atoms with Crippen LogP contribution < -0.4 is 4.74 Å². The molecule has 0 amide bonds. The molecule has 3 aliphatic rings. The number of hydrogen-bond acceptors (Lipinski definition) is 4. The highest BCUT2D eigenvalue weighted by molar-refractivity contribution is 5.83. The van der Waals surface area contributed by atoms with Gasteiger partial charge in [-0.05, 0) is 43.2 Å². The van der Waals surface area contributed by atoms with Gasteiger partial charge in [0.2, 0.25) is 0 Å². The van der Waals surface area contributed by atoms with E-state index in [9.17, 15) is 15.0 Å². The van der Waals surface area contributed by atoms with Crippen LogP contribution in [0, 0.1) is 5.92 Å². The first-order valence-corrected chi connectivity index (χ1v) is 12.2. The fourth-order valence-corrected chi connectivity index (χ4v) is 5.38. The highest BCUT2D eigenvalue weighted by atomic mass is 16.5. The molecule has 4 nitrogen and oxygen atoms in total. The highest BCUT2D eigenvalue weighted by Crippen LogP contribution is 2.62. The largest absolute Gasteiger partial charge is 0.504 e. The van der Waals surface area contributed by atoms with Crippen molar-refractivity contribution in [1.29, 1.82) is 0 Å². The van der Waals surface area contributed by atoms with Crippen molar-refractivity contribution < 1.29 is 19.7 Å². The van der Waals surface area contributed by atoms with Crippen LogP contribution in [-0.4, -0.2) is 28.7 Å². The summed E-state index contributed by atoms with van der Waals surface area (Å²) in [6.45, 7) is 16.0. The lowest BCUT2D eigenvalue weighted by Gasteiger charge is -2.60. The number of aliphatic hydroxyl groups is 1. The number of carbonyl (C=O) groups is 1. The molecule has 0 spiro atoms. The summed E-state index contributed by atoms with van der Waals surface area (Å²) in [6, 6.07) is 3.78. The lowest BCUT2D eigenvalue weighted by molar-refractivity contribution is -0.160. The third kappa shape index (κ3) is 4.69. The molecular weight excluding hydrogens is 376 g/mol. The molecule has 0 radical (unpaired) electrons. The highest BCUT2D eigenvalue weighted by Gasteiger charge is 2.63. The summed E-state index contributed by atoms with van der Waals surface area (Å²) in [7, 11) is 1.53. The molecule has 2 fully saturated rings. The van der Waals surface area contributed by atoms with E-state index in [0.717, 1.165) is 36.8 Å². The molecule has 2 bridgehead atoms. The molecule has 0 aromatic heterocycles. The first-order chi connectivity index (χ1) is 14.5. The number of methoxy groups -OCH3 is 1. The van der Waals surface area contributed by atoms with E-state index in [4.69, 9.17) is 4.74 Å². The summed E-state index contributed by atoms with van der Waals surface area (Å²) in [5.74, 6) is 0.932. The Balaban J connectivity index is 0.000000948. The third-order valence-corrected chi connectivity index (χ3v) is 6.34. The molecule has 3 atom stereocenters. The number of fused-ring (bicyclic) bond motifs is 1. The fourth-order valence-electron chi connectivity index (χ4n) is 5.38. The van der Waals surface area contributed by atoms with Gasteiger partial charge in [-0.1, -0.05) is 67.9 Å². The van der Waals surface area contributed by atoms with E-state index in [0.29, 0.717) is 25.0 Å². The summed E-state index contributed by atoms with van der Waals surface area (Å²) in [6.07, 6.45) is 4.85. The van der Waals surface area contributed by atoms with Gasteiger partial charge in [0.1, 0.15) is 5.78 Å². The summed E-state index contributed by atoms with van der Waals surface area (Å²) in [4.78, 5) is 12.2.